The Hall–Kier alpha value is -3.44. The molecule has 3 rings (SSSR count). The summed E-state index contributed by atoms with van der Waals surface area (Å²) in [5.74, 6) is -1.03. The Morgan fingerprint density at radius 2 is 1.79 bits per heavy atom. The lowest BCUT2D eigenvalue weighted by Crippen LogP contribution is -2.19. The predicted molar refractivity (Wildman–Crippen MR) is 122 cm³/mol. The maximum atomic E-state index is 12.6. The van der Waals surface area contributed by atoms with Gasteiger partial charge in [-0.15, -0.1) is 11.3 Å². The van der Waals surface area contributed by atoms with Gasteiger partial charge in [-0.05, 0) is 36.2 Å². The van der Waals surface area contributed by atoms with Crippen LogP contribution in [0.15, 0.2) is 67.8 Å². The van der Waals surface area contributed by atoms with Crippen molar-refractivity contribution in [2.45, 2.75) is 12.8 Å². The van der Waals surface area contributed by atoms with Crippen LogP contribution in [0.4, 0.5) is 5.69 Å². The van der Waals surface area contributed by atoms with E-state index in [0.717, 1.165) is 20.9 Å². The van der Waals surface area contributed by atoms with Crippen molar-refractivity contribution >= 4 is 41.0 Å². The Balaban J connectivity index is 1.91. The summed E-state index contributed by atoms with van der Waals surface area (Å²) in [7, 11) is 0. The van der Waals surface area contributed by atoms with Gasteiger partial charge in [0, 0.05) is 26.6 Å². The smallest absolute Gasteiger partial charge is 0.249 e. The van der Waals surface area contributed by atoms with Gasteiger partial charge < -0.3 is 11.1 Å². The molecule has 0 bridgehead atoms. The van der Waals surface area contributed by atoms with E-state index in [1.165, 1.54) is 11.3 Å². The Bertz CT molecular complexity index is 1060. The number of amides is 2. The third kappa shape index (κ3) is 4.36. The van der Waals surface area contributed by atoms with Crippen molar-refractivity contribution in [3.05, 3.63) is 89.3 Å². The molecule has 2 aromatic carbocycles. The number of nitrogens with one attached hydrogen (secondary N) is 1. The Morgan fingerprint density at radius 1 is 1.07 bits per heavy atom. The van der Waals surface area contributed by atoms with Crippen molar-refractivity contribution in [2.75, 3.05) is 5.32 Å². The highest BCUT2D eigenvalue weighted by Gasteiger charge is 2.18. The van der Waals surface area contributed by atoms with Crippen LogP contribution in [0.1, 0.15) is 39.2 Å². The molecule has 29 heavy (non-hydrogen) atoms. The summed E-state index contributed by atoms with van der Waals surface area (Å²) < 4.78 is 0. The minimum atomic E-state index is -0.555. The molecule has 0 aliphatic heterocycles. The standard InChI is InChI=1S/C24H22N2O2S/c1-4-16-13-22(29-21(16)5-2)19-12-11-18(14-20(19)23(25)27)26-24(28)15(3)17-9-7-6-8-10-17/h4-15H,1-2H2,3H3,(H2,25,27)(H,26,28). The van der Waals surface area contributed by atoms with E-state index in [0.29, 0.717) is 16.8 Å². The van der Waals surface area contributed by atoms with Crippen LogP contribution in [0.5, 0.6) is 0 Å². The zero-order valence-electron chi connectivity index (χ0n) is 16.1. The molecule has 0 saturated heterocycles. The normalized spacial score (nSPS) is 11.5. The van der Waals surface area contributed by atoms with Gasteiger partial charge in [0.1, 0.15) is 0 Å². The summed E-state index contributed by atoms with van der Waals surface area (Å²) in [5.41, 5.74) is 9.09. The first-order chi connectivity index (χ1) is 13.9. The van der Waals surface area contributed by atoms with Gasteiger partial charge in [0.2, 0.25) is 11.8 Å². The molecule has 1 heterocycles. The molecule has 0 fully saturated rings. The molecule has 0 aliphatic carbocycles. The Labute approximate surface area is 174 Å². The number of rotatable bonds is 7. The number of nitrogens with two attached hydrogens (primary N) is 1. The molecular weight excluding hydrogens is 380 g/mol. The Kier molecular flexibility index (Phi) is 6.10. The summed E-state index contributed by atoms with van der Waals surface area (Å²) in [6, 6.07) is 16.7. The second-order valence-corrected chi connectivity index (χ2v) is 7.67. The summed E-state index contributed by atoms with van der Waals surface area (Å²) >= 11 is 1.51. The van der Waals surface area contributed by atoms with Crippen LogP contribution in [-0.4, -0.2) is 11.8 Å². The molecule has 0 radical (unpaired) electrons. The maximum Gasteiger partial charge on any atom is 0.249 e. The number of thiophene rings is 1. The SMILES string of the molecule is C=Cc1cc(-c2ccc(NC(=O)C(C)c3ccccc3)cc2C(N)=O)sc1C=C. The fraction of sp³-hybridized carbons (Fsp3) is 0.0833. The zero-order chi connectivity index (χ0) is 21.0. The van der Waals surface area contributed by atoms with E-state index in [4.69, 9.17) is 5.73 Å². The van der Waals surface area contributed by atoms with E-state index in [2.05, 4.69) is 18.5 Å². The lowest BCUT2D eigenvalue weighted by atomic mass is 10.00. The van der Waals surface area contributed by atoms with Crippen molar-refractivity contribution < 1.29 is 9.59 Å². The molecule has 4 nitrogen and oxygen atoms in total. The summed E-state index contributed by atoms with van der Waals surface area (Å²) in [4.78, 5) is 26.6. The number of primary amides is 1. The first-order valence-electron chi connectivity index (χ1n) is 9.13. The molecule has 1 unspecified atom stereocenters. The third-order valence-corrected chi connectivity index (χ3v) is 5.89. The van der Waals surface area contributed by atoms with Crippen LogP contribution in [0.25, 0.3) is 22.6 Å². The number of anilines is 1. The molecule has 5 heteroatoms. The van der Waals surface area contributed by atoms with E-state index in [1.807, 2.05) is 43.3 Å². The summed E-state index contributed by atoms with van der Waals surface area (Å²) in [6.07, 6.45) is 3.51. The van der Waals surface area contributed by atoms with Crippen LogP contribution < -0.4 is 11.1 Å². The van der Waals surface area contributed by atoms with E-state index in [-0.39, 0.29) is 11.8 Å². The monoisotopic (exact) mass is 402 g/mol. The van der Waals surface area contributed by atoms with Crippen LogP contribution in [0.2, 0.25) is 0 Å². The molecular formula is C24H22N2O2S. The van der Waals surface area contributed by atoms with E-state index < -0.39 is 5.91 Å². The summed E-state index contributed by atoms with van der Waals surface area (Å²) in [6.45, 7) is 9.47. The van der Waals surface area contributed by atoms with Gasteiger partial charge in [0.15, 0.2) is 0 Å². The highest BCUT2D eigenvalue weighted by molar-refractivity contribution is 7.16. The van der Waals surface area contributed by atoms with Crippen molar-refractivity contribution in [3.63, 3.8) is 0 Å². The van der Waals surface area contributed by atoms with Crippen LogP contribution >= 0.6 is 11.3 Å². The first kappa shape index (κ1) is 20.3. The van der Waals surface area contributed by atoms with Gasteiger partial charge in [-0.1, -0.05) is 61.7 Å². The number of benzene rings is 2. The van der Waals surface area contributed by atoms with Crippen LogP contribution in [0, 0.1) is 0 Å². The topological polar surface area (TPSA) is 72.2 Å². The number of carbonyl (C=O) groups is 2. The fourth-order valence-corrected chi connectivity index (χ4v) is 4.11. The minimum Gasteiger partial charge on any atom is -0.366 e. The maximum absolute atomic E-state index is 12.6. The molecule has 2 amide bonds. The van der Waals surface area contributed by atoms with Crippen molar-refractivity contribution in [2.24, 2.45) is 5.73 Å². The second kappa shape index (κ2) is 8.71. The quantitative estimate of drug-likeness (QED) is 0.544. The largest absolute Gasteiger partial charge is 0.366 e. The van der Waals surface area contributed by atoms with Gasteiger partial charge in [-0.25, -0.2) is 0 Å². The Morgan fingerprint density at radius 3 is 2.38 bits per heavy atom. The van der Waals surface area contributed by atoms with Gasteiger partial charge in [-0.2, -0.15) is 0 Å². The number of carbonyl (C=O) groups excluding carboxylic acids is 2. The van der Waals surface area contributed by atoms with Gasteiger partial charge in [-0.3, -0.25) is 9.59 Å². The molecule has 0 aliphatic rings. The van der Waals surface area contributed by atoms with E-state index >= 15 is 0 Å². The first-order valence-corrected chi connectivity index (χ1v) is 9.95. The second-order valence-electron chi connectivity index (χ2n) is 6.58. The summed E-state index contributed by atoms with van der Waals surface area (Å²) in [5, 5.41) is 2.88. The molecule has 1 atom stereocenters. The van der Waals surface area contributed by atoms with Crippen LogP contribution in [0.3, 0.4) is 0 Å². The average Bonchev–Trinajstić information content (AvgIpc) is 3.17. The molecule has 146 valence electrons. The van der Waals surface area contributed by atoms with Crippen LogP contribution in [-0.2, 0) is 4.79 Å². The zero-order valence-corrected chi connectivity index (χ0v) is 17.0. The molecule has 3 N–H and O–H groups in total. The van der Waals surface area contributed by atoms with E-state index in [1.54, 1.807) is 30.4 Å². The third-order valence-electron chi connectivity index (χ3n) is 4.71. The number of hydrogen-bond donors (Lipinski definition) is 2. The van der Waals surface area contributed by atoms with Gasteiger partial charge in [0.25, 0.3) is 0 Å². The lowest BCUT2D eigenvalue weighted by Gasteiger charge is -2.14. The molecule has 1 aromatic heterocycles. The number of hydrogen-bond acceptors (Lipinski definition) is 3. The lowest BCUT2D eigenvalue weighted by molar-refractivity contribution is -0.117. The van der Waals surface area contributed by atoms with Crippen molar-refractivity contribution in [1.29, 1.82) is 0 Å². The molecule has 0 spiro atoms. The predicted octanol–water partition coefficient (Wildman–Crippen LogP) is 5.54. The van der Waals surface area contributed by atoms with Crippen molar-refractivity contribution in [3.8, 4) is 10.4 Å². The fourth-order valence-electron chi connectivity index (χ4n) is 3.06. The highest BCUT2D eigenvalue weighted by atomic mass is 32.1. The van der Waals surface area contributed by atoms with Gasteiger partial charge in [0.05, 0.1) is 5.92 Å². The van der Waals surface area contributed by atoms with Crippen molar-refractivity contribution in [1.82, 2.24) is 0 Å². The highest BCUT2D eigenvalue weighted by Crippen LogP contribution is 2.36. The molecule has 3 aromatic rings. The van der Waals surface area contributed by atoms with E-state index in [9.17, 15) is 9.59 Å². The molecule has 0 saturated carbocycles. The average molecular weight is 403 g/mol. The van der Waals surface area contributed by atoms with Gasteiger partial charge >= 0.3 is 0 Å². The minimum absolute atomic E-state index is 0.154.